The summed E-state index contributed by atoms with van der Waals surface area (Å²) in [5.41, 5.74) is 4.88. The lowest BCUT2D eigenvalue weighted by molar-refractivity contribution is -0.124. The van der Waals surface area contributed by atoms with E-state index in [2.05, 4.69) is 20.7 Å². The summed E-state index contributed by atoms with van der Waals surface area (Å²) in [6.45, 7) is 1.86. The van der Waals surface area contributed by atoms with Crippen molar-refractivity contribution >= 4 is 35.9 Å². The first-order chi connectivity index (χ1) is 14.5. The van der Waals surface area contributed by atoms with Gasteiger partial charge in [0.25, 0.3) is 11.8 Å². The molecule has 0 radical (unpaired) electrons. The summed E-state index contributed by atoms with van der Waals surface area (Å²) >= 11 is 1.33. The maximum atomic E-state index is 12.2. The Morgan fingerprint density at radius 3 is 2.83 bits per heavy atom. The Balaban J connectivity index is 1.58. The molecule has 0 aliphatic heterocycles. The van der Waals surface area contributed by atoms with Crippen LogP contribution in [0.15, 0.2) is 62.2 Å². The fraction of sp³-hybridized carbons (Fsp3) is 0.105. The second kappa shape index (κ2) is 9.67. The molecule has 0 unspecified atom stereocenters. The zero-order valence-electron chi connectivity index (χ0n) is 16.1. The molecule has 0 aliphatic carbocycles. The highest BCUT2D eigenvalue weighted by atomic mass is 32.2. The largest absolute Gasteiger partial charge is 0.448 e. The number of carbonyl (C=O) groups excluding carboxylic acids is 2. The lowest BCUT2D eigenvalue weighted by Gasteiger charge is -2.01. The number of aryl methyl sites for hydroxylation is 1. The van der Waals surface area contributed by atoms with E-state index in [1.165, 1.54) is 29.5 Å². The van der Waals surface area contributed by atoms with E-state index in [0.717, 1.165) is 11.9 Å². The predicted molar refractivity (Wildman–Crippen MR) is 109 cm³/mol. The molecule has 0 bridgehead atoms. The van der Waals surface area contributed by atoms with Gasteiger partial charge in [0, 0.05) is 18.7 Å². The minimum absolute atomic E-state index is 0.354. The number of carbonyl (C=O) groups is 2. The van der Waals surface area contributed by atoms with Crippen molar-refractivity contribution in [1.82, 2.24) is 25.7 Å². The average Bonchev–Trinajstić information content (AvgIpc) is 3.33. The maximum absolute atomic E-state index is 12.2. The van der Waals surface area contributed by atoms with Crippen molar-refractivity contribution in [2.24, 2.45) is 12.1 Å². The van der Waals surface area contributed by atoms with Crippen molar-refractivity contribution in [3.05, 3.63) is 65.2 Å². The molecule has 0 fully saturated rings. The first kappa shape index (κ1) is 21.0. The van der Waals surface area contributed by atoms with Gasteiger partial charge in [-0.25, -0.2) is 10.9 Å². The van der Waals surface area contributed by atoms with E-state index in [-0.39, 0.29) is 0 Å². The van der Waals surface area contributed by atoms with Crippen LogP contribution >= 0.6 is 11.8 Å². The molecule has 3 N–H and O–H groups in total. The monoisotopic (exact) mass is 426 g/mol. The van der Waals surface area contributed by atoms with Crippen LogP contribution in [0, 0.1) is 6.92 Å². The summed E-state index contributed by atoms with van der Waals surface area (Å²) in [5, 5.41) is 21.8. The summed E-state index contributed by atoms with van der Waals surface area (Å²) < 4.78 is 7.49. The van der Waals surface area contributed by atoms with Crippen molar-refractivity contribution < 1.29 is 19.2 Å². The van der Waals surface area contributed by atoms with Crippen LogP contribution in [-0.2, 0) is 11.8 Å². The fourth-order valence-corrected chi connectivity index (χ4v) is 3.04. The van der Waals surface area contributed by atoms with Gasteiger partial charge in [0.1, 0.15) is 11.6 Å². The van der Waals surface area contributed by atoms with Crippen LogP contribution in [0.3, 0.4) is 0 Å². The molecular weight excluding hydrogens is 408 g/mol. The molecule has 2 amide bonds. The lowest BCUT2D eigenvalue weighted by Crippen LogP contribution is -2.17. The maximum Gasteiger partial charge on any atom is 0.271 e. The summed E-state index contributed by atoms with van der Waals surface area (Å²) in [7, 11) is 1.87. The van der Waals surface area contributed by atoms with Gasteiger partial charge in [-0.15, -0.1) is 10.2 Å². The van der Waals surface area contributed by atoms with Crippen LogP contribution in [-0.4, -0.2) is 38.0 Å². The van der Waals surface area contributed by atoms with Crippen LogP contribution in [0.4, 0.5) is 0 Å². The number of hydroxylamine groups is 1. The van der Waals surface area contributed by atoms with Crippen molar-refractivity contribution in [1.29, 1.82) is 0 Å². The lowest BCUT2D eigenvalue weighted by atomic mass is 10.1. The highest BCUT2D eigenvalue weighted by Gasteiger charge is 2.10. The van der Waals surface area contributed by atoms with E-state index < -0.39 is 11.8 Å². The number of benzene rings is 1. The van der Waals surface area contributed by atoms with Crippen LogP contribution in [0.2, 0.25) is 0 Å². The topological polar surface area (TPSA) is 135 Å². The van der Waals surface area contributed by atoms with Gasteiger partial charge < -0.3 is 8.98 Å². The Bertz CT molecular complexity index is 1120. The highest BCUT2D eigenvalue weighted by Crippen LogP contribution is 2.27. The molecule has 1 aromatic carbocycles. The minimum atomic E-state index is -0.667. The van der Waals surface area contributed by atoms with Gasteiger partial charge in [-0.1, -0.05) is 12.1 Å². The number of nitrogens with one attached hydrogen (secondary N) is 2. The minimum Gasteiger partial charge on any atom is -0.448 e. The molecule has 0 aliphatic rings. The van der Waals surface area contributed by atoms with Crippen LogP contribution in [0.1, 0.15) is 27.5 Å². The summed E-state index contributed by atoms with van der Waals surface area (Å²) in [6.07, 6.45) is 4.00. The molecule has 2 aromatic heterocycles. The number of hydrogen-bond acceptors (Lipinski definition) is 8. The molecule has 0 saturated carbocycles. The molecular formula is C19H18N6O4S. The first-order valence-electron chi connectivity index (χ1n) is 8.65. The van der Waals surface area contributed by atoms with E-state index in [4.69, 9.17) is 9.62 Å². The molecule has 3 aromatic rings. The first-order valence-corrected chi connectivity index (χ1v) is 9.47. The Morgan fingerprint density at radius 2 is 2.10 bits per heavy atom. The number of hydrazone groups is 1. The molecule has 3 rings (SSSR count). The van der Waals surface area contributed by atoms with Gasteiger partial charge >= 0.3 is 0 Å². The van der Waals surface area contributed by atoms with Gasteiger partial charge in [-0.3, -0.25) is 14.8 Å². The Morgan fingerprint density at radius 1 is 1.27 bits per heavy atom. The number of aromatic nitrogens is 3. The smallest absolute Gasteiger partial charge is 0.271 e. The third-order valence-corrected chi connectivity index (χ3v) is 4.85. The van der Waals surface area contributed by atoms with Crippen molar-refractivity contribution in [3.8, 4) is 0 Å². The van der Waals surface area contributed by atoms with Gasteiger partial charge in [0.15, 0.2) is 10.2 Å². The number of furan rings is 1. The normalized spacial score (nSPS) is 11.3. The molecule has 30 heavy (non-hydrogen) atoms. The number of nitrogens with zero attached hydrogens (tertiary/aromatic N) is 4. The molecule has 0 saturated heterocycles. The standard InChI is InChI=1S/C19H18N6O4S/c1-12-21-23-19(25(12)2)30-17-9-7-15(29-17)11-20-22-18(27)14-5-3-4-13(10-14)6-8-16(26)24-28/h3-11,28H,1-2H3,(H,22,27)(H,24,26)/b8-6+,20-11+. The highest BCUT2D eigenvalue weighted by molar-refractivity contribution is 7.99. The Hall–Kier alpha value is -3.70. The second-order valence-corrected chi connectivity index (χ2v) is 6.95. The van der Waals surface area contributed by atoms with Crippen LogP contribution in [0.25, 0.3) is 6.08 Å². The van der Waals surface area contributed by atoms with Crippen molar-refractivity contribution in [2.45, 2.75) is 17.2 Å². The van der Waals surface area contributed by atoms with Gasteiger partial charge in [0.2, 0.25) is 0 Å². The van der Waals surface area contributed by atoms with E-state index in [1.54, 1.807) is 36.4 Å². The van der Waals surface area contributed by atoms with Gasteiger partial charge in [-0.05, 0) is 54.6 Å². The van der Waals surface area contributed by atoms with E-state index in [9.17, 15) is 9.59 Å². The molecule has 154 valence electrons. The van der Waals surface area contributed by atoms with Gasteiger partial charge in [-0.2, -0.15) is 5.10 Å². The van der Waals surface area contributed by atoms with Crippen molar-refractivity contribution in [3.63, 3.8) is 0 Å². The van der Waals surface area contributed by atoms with Gasteiger partial charge in [0.05, 0.1) is 6.21 Å². The fourth-order valence-electron chi connectivity index (χ4n) is 2.24. The summed E-state index contributed by atoms with van der Waals surface area (Å²) in [6, 6.07) is 10.1. The van der Waals surface area contributed by atoms with E-state index >= 15 is 0 Å². The Labute approximate surface area is 175 Å². The molecule has 11 heteroatoms. The number of amides is 2. The van der Waals surface area contributed by atoms with E-state index in [0.29, 0.717) is 27.1 Å². The van der Waals surface area contributed by atoms with E-state index in [1.807, 2.05) is 18.5 Å². The molecule has 10 nitrogen and oxygen atoms in total. The molecule has 0 atom stereocenters. The third kappa shape index (κ3) is 5.43. The summed E-state index contributed by atoms with van der Waals surface area (Å²) in [5.74, 6) is 0.164. The van der Waals surface area contributed by atoms with Crippen LogP contribution in [0.5, 0.6) is 0 Å². The third-order valence-electron chi connectivity index (χ3n) is 3.89. The molecule has 0 spiro atoms. The second-order valence-electron chi connectivity index (χ2n) is 5.98. The SMILES string of the molecule is Cc1nnc(Sc2ccc(/C=N/NC(=O)c3cccc(/C=C/C(=O)NO)c3)o2)n1C. The zero-order chi connectivity index (χ0) is 21.5. The zero-order valence-corrected chi connectivity index (χ0v) is 16.9. The summed E-state index contributed by atoms with van der Waals surface area (Å²) in [4.78, 5) is 23.3. The quantitative estimate of drug-likeness (QED) is 0.228. The van der Waals surface area contributed by atoms with Crippen LogP contribution < -0.4 is 10.9 Å². The Kier molecular flexibility index (Phi) is 6.78. The predicted octanol–water partition coefficient (Wildman–Crippen LogP) is 2.15. The number of hydrogen-bond donors (Lipinski definition) is 3. The average molecular weight is 426 g/mol. The number of rotatable bonds is 7. The van der Waals surface area contributed by atoms with Crippen molar-refractivity contribution in [2.75, 3.05) is 0 Å². The molecule has 2 heterocycles.